The second-order valence-electron chi connectivity index (χ2n) is 6.45. The number of nitrogens with two attached hydrogens (primary N) is 1. The van der Waals surface area contributed by atoms with Gasteiger partial charge < -0.3 is 5.73 Å². The lowest BCUT2D eigenvalue weighted by Crippen LogP contribution is -2.34. The largest absolute Gasteiger partial charge is 0.387 e. The minimum Gasteiger partial charge on any atom is -0.387 e. The van der Waals surface area contributed by atoms with E-state index in [1.165, 1.54) is 5.06 Å². The highest BCUT2D eigenvalue weighted by atomic mass is 32.1. The van der Waals surface area contributed by atoms with Crippen LogP contribution in [0.5, 0.6) is 0 Å². The quantitative estimate of drug-likeness (QED) is 0.571. The van der Waals surface area contributed by atoms with Gasteiger partial charge in [-0.2, -0.15) is 0 Å². The fourth-order valence-electron chi connectivity index (χ4n) is 2.99. The van der Waals surface area contributed by atoms with Crippen molar-refractivity contribution in [3.05, 3.63) is 47.8 Å². The molecule has 0 radical (unpaired) electrons. The number of aliphatic imine (C=N–C) groups is 1. The van der Waals surface area contributed by atoms with Crippen LogP contribution in [0, 0.1) is 0 Å². The van der Waals surface area contributed by atoms with Crippen LogP contribution >= 0.6 is 12.6 Å². The normalized spacial score (nSPS) is 13.2. The van der Waals surface area contributed by atoms with Crippen LogP contribution in [0.3, 0.4) is 0 Å². The van der Waals surface area contributed by atoms with Crippen LogP contribution in [0.2, 0.25) is 0 Å². The van der Waals surface area contributed by atoms with Crippen LogP contribution in [-0.4, -0.2) is 34.9 Å². The van der Waals surface area contributed by atoms with Gasteiger partial charge in [0.25, 0.3) is 5.91 Å². The molecule has 0 saturated heterocycles. The zero-order chi connectivity index (χ0) is 20.1. The third-order valence-electron chi connectivity index (χ3n) is 4.24. The van der Waals surface area contributed by atoms with Crippen molar-refractivity contribution in [1.82, 2.24) is 10.0 Å². The molecule has 6 nitrogen and oxygen atoms in total. The number of fused-ring (bicyclic) bond motifs is 1. The van der Waals surface area contributed by atoms with Gasteiger partial charge in [0.1, 0.15) is 5.84 Å². The Balaban J connectivity index is 1.97. The highest BCUT2D eigenvalue weighted by Crippen LogP contribution is 2.31. The van der Waals surface area contributed by atoms with Crippen LogP contribution < -0.4 is 5.73 Å². The molecule has 1 aromatic carbocycles. The molecule has 0 aliphatic carbocycles. The Morgan fingerprint density at radius 3 is 2.82 bits per heavy atom. The average Bonchev–Trinajstić information content (AvgIpc) is 2.84. The van der Waals surface area contributed by atoms with Gasteiger partial charge in [-0.15, -0.1) is 12.6 Å². The van der Waals surface area contributed by atoms with Gasteiger partial charge in [0.05, 0.1) is 18.0 Å². The van der Waals surface area contributed by atoms with Gasteiger partial charge >= 0.3 is 0 Å². The molecule has 0 bridgehead atoms. The zero-order valence-corrected chi connectivity index (χ0v) is 16.9. The van der Waals surface area contributed by atoms with Gasteiger partial charge in [0.2, 0.25) is 0 Å². The lowest BCUT2D eigenvalue weighted by molar-refractivity contribution is -0.180. The van der Waals surface area contributed by atoms with Crippen molar-refractivity contribution < 1.29 is 9.63 Å². The number of amides is 1. The van der Waals surface area contributed by atoms with Gasteiger partial charge in [0.15, 0.2) is 0 Å². The van der Waals surface area contributed by atoms with E-state index in [2.05, 4.69) is 22.6 Å². The third-order valence-corrected chi connectivity index (χ3v) is 4.51. The predicted molar refractivity (Wildman–Crippen MR) is 114 cm³/mol. The van der Waals surface area contributed by atoms with Crippen molar-refractivity contribution in [2.75, 3.05) is 13.2 Å². The molecular weight excluding hydrogens is 372 g/mol. The summed E-state index contributed by atoms with van der Waals surface area (Å²) in [7, 11) is 0. The summed E-state index contributed by atoms with van der Waals surface area (Å²) < 4.78 is 0. The molecular formula is C21H24N4O2S. The number of carbonyl (C=O) groups excluding carboxylic acids is 1. The van der Waals surface area contributed by atoms with Gasteiger partial charge in [0, 0.05) is 35.2 Å². The van der Waals surface area contributed by atoms with Crippen LogP contribution in [0.25, 0.3) is 17.2 Å². The van der Waals surface area contributed by atoms with Gasteiger partial charge in [-0.25, -0.2) is 10.1 Å². The molecule has 1 aliphatic heterocycles. The Labute approximate surface area is 170 Å². The zero-order valence-electron chi connectivity index (χ0n) is 16.1. The summed E-state index contributed by atoms with van der Waals surface area (Å²) >= 11 is 4.39. The average molecular weight is 397 g/mol. The molecule has 3 rings (SSSR count). The number of pyridine rings is 1. The minimum atomic E-state index is -0.205. The van der Waals surface area contributed by atoms with Gasteiger partial charge in [-0.05, 0) is 43.2 Å². The molecule has 146 valence electrons. The van der Waals surface area contributed by atoms with Crippen molar-refractivity contribution in [2.24, 2.45) is 10.7 Å². The van der Waals surface area contributed by atoms with E-state index in [-0.39, 0.29) is 12.3 Å². The minimum absolute atomic E-state index is 0.205. The Hall–Kier alpha value is -2.64. The molecule has 0 atom stereocenters. The topological polar surface area (TPSA) is 80.8 Å². The fraction of sp³-hybridized carbons (Fsp3) is 0.286. The first-order valence-electron chi connectivity index (χ1n) is 9.29. The summed E-state index contributed by atoms with van der Waals surface area (Å²) in [6, 6.07) is 9.73. The second-order valence-corrected chi connectivity index (χ2v) is 6.97. The van der Waals surface area contributed by atoms with E-state index in [1.807, 2.05) is 44.2 Å². The maximum absolute atomic E-state index is 12.9. The molecule has 2 heterocycles. The Kier molecular flexibility index (Phi) is 6.49. The number of thiol groups is 1. The van der Waals surface area contributed by atoms with E-state index in [0.717, 1.165) is 22.4 Å². The number of aromatic nitrogens is 1. The molecule has 1 aliphatic rings. The Morgan fingerprint density at radius 1 is 1.29 bits per heavy atom. The molecule has 28 heavy (non-hydrogen) atoms. The molecule has 2 N–H and O–H groups in total. The number of benzene rings is 1. The number of hydrogen-bond acceptors (Lipinski definition) is 6. The molecule has 0 spiro atoms. The highest BCUT2D eigenvalue weighted by molar-refractivity contribution is 7.80. The Bertz CT molecular complexity index is 934. The van der Waals surface area contributed by atoms with Crippen molar-refractivity contribution in [1.29, 1.82) is 0 Å². The first-order chi connectivity index (χ1) is 13.5. The van der Waals surface area contributed by atoms with Gasteiger partial charge in [-0.1, -0.05) is 19.1 Å². The number of nitrogens with zero attached hydrogens (tertiary/aromatic N) is 3. The third kappa shape index (κ3) is 4.61. The van der Waals surface area contributed by atoms with E-state index in [1.54, 1.807) is 12.3 Å². The van der Waals surface area contributed by atoms with E-state index in [4.69, 9.17) is 10.6 Å². The number of rotatable bonds is 6. The molecule has 0 fully saturated rings. The van der Waals surface area contributed by atoms with Crippen LogP contribution in [0.1, 0.15) is 32.4 Å². The highest BCUT2D eigenvalue weighted by Gasteiger charge is 2.22. The second kappa shape index (κ2) is 9.03. The van der Waals surface area contributed by atoms with Gasteiger partial charge in [-0.3, -0.25) is 14.6 Å². The van der Waals surface area contributed by atoms with E-state index >= 15 is 0 Å². The summed E-state index contributed by atoms with van der Waals surface area (Å²) in [5.41, 5.74) is 9.77. The van der Waals surface area contributed by atoms with Crippen molar-refractivity contribution in [3.8, 4) is 11.1 Å². The lowest BCUT2D eigenvalue weighted by Gasteiger charge is -2.21. The number of hydroxylamine groups is 2. The number of amidine groups is 1. The molecule has 0 unspecified atom stereocenters. The standard InChI is InChI=1S/C21H24N4O2S/c1-3-8-25(27-4-2)21(26)15-10-18-19(24-20(22)12-15)11-16(13-23-18)14-6-5-7-17(28)9-14/h5-7,9-11,13,28H,3-4,8,12H2,1-2H3,(H2,22,24). The summed E-state index contributed by atoms with van der Waals surface area (Å²) in [5.74, 6) is 0.163. The van der Waals surface area contributed by atoms with Crippen molar-refractivity contribution in [2.45, 2.75) is 31.6 Å². The lowest BCUT2D eigenvalue weighted by atomic mass is 10.1. The van der Waals surface area contributed by atoms with E-state index in [9.17, 15) is 4.79 Å². The molecule has 1 amide bonds. The predicted octanol–water partition coefficient (Wildman–Crippen LogP) is 4.00. The van der Waals surface area contributed by atoms with Crippen molar-refractivity contribution in [3.63, 3.8) is 0 Å². The van der Waals surface area contributed by atoms with E-state index in [0.29, 0.717) is 35.9 Å². The summed E-state index contributed by atoms with van der Waals surface area (Å²) in [4.78, 5) is 28.3. The first kappa shape index (κ1) is 20.1. The maximum atomic E-state index is 12.9. The number of carbonyl (C=O) groups is 1. The first-order valence-corrected chi connectivity index (χ1v) is 9.74. The molecule has 1 aromatic heterocycles. The summed E-state index contributed by atoms with van der Waals surface area (Å²) in [6.07, 6.45) is 4.57. The van der Waals surface area contributed by atoms with Crippen molar-refractivity contribution >= 4 is 36.1 Å². The Morgan fingerprint density at radius 2 is 2.11 bits per heavy atom. The SMILES string of the molecule is CCCN(OCC)C(=O)C1=Cc2ncc(-c3cccc(S)c3)cc2N=C(N)C1. The molecule has 7 heteroatoms. The molecule has 0 saturated carbocycles. The van der Waals surface area contributed by atoms with Crippen LogP contribution in [0.15, 0.2) is 52.0 Å². The smallest absolute Gasteiger partial charge is 0.273 e. The molecule has 2 aromatic rings. The maximum Gasteiger partial charge on any atom is 0.273 e. The van der Waals surface area contributed by atoms with E-state index < -0.39 is 0 Å². The monoisotopic (exact) mass is 396 g/mol. The van der Waals surface area contributed by atoms with Crippen LogP contribution in [0.4, 0.5) is 5.69 Å². The summed E-state index contributed by atoms with van der Waals surface area (Å²) in [5, 5.41) is 1.39. The number of hydrogen-bond donors (Lipinski definition) is 2. The fourth-order valence-corrected chi connectivity index (χ4v) is 3.22. The van der Waals surface area contributed by atoms with Crippen LogP contribution in [-0.2, 0) is 9.63 Å². The summed E-state index contributed by atoms with van der Waals surface area (Å²) in [6.45, 7) is 4.78.